The number of imidazole rings is 1. The summed E-state index contributed by atoms with van der Waals surface area (Å²) in [7, 11) is 0. The van der Waals surface area contributed by atoms with Crippen molar-refractivity contribution < 1.29 is 4.74 Å². The van der Waals surface area contributed by atoms with Gasteiger partial charge in [-0.25, -0.2) is 15.0 Å². The molecule has 0 N–H and O–H groups in total. The summed E-state index contributed by atoms with van der Waals surface area (Å²) in [6, 6.07) is 10.1. The van der Waals surface area contributed by atoms with Crippen LogP contribution in [0.2, 0.25) is 0 Å². The van der Waals surface area contributed by atoms with Crippen molar-refractivity contribution in [3.05, 3.63) is 42.5 Å². The van der Waals surface area contributed by atoms with Gasteiger partial charge < -0.3 is 4.74 Å². The topological polar surface area (TPSA) is 52.8 Å². The first-order valence-electron chi connectivity index (χ1n) is 7.71. The Labute approximate surface area is 129 Å². The molecule has 3 heterocycles. The molecule has 1 aliphatic heterocycles. The van der Waals surface area contributed by atoms with Crippen molar-refractivity contribution in [1.29, 1.82) is 0 Å². The number of hydrogen-bond donors (Lipinski definition) is 0. The van der Waals surface area contributed by atoms with Crippen LogP contribution in [-0.4, -0.2) is 26.1 Å². The van der Waals surface area contributed by atoms with Crippen LogP contribution < -0.4 is 0 Å². The molecule has 0 aliphatic carbocycles. The second-order valence-corrected chi connectivity index (χ2v) is 5.61. The van der Waals surface area contributed by atoms with Gasteiger partial charge in [-0.3, -0.25) is 4.57 Å². The van der Waals surface area contributed by atoms with E-state index in [0.717, 1.165) is 47.7 Å². The van der Waals surface area contributed by atoms with E-state index in [4.69, 9.17) is 9.72 Å². The number of aryl methyl sites for hydroxylation is 1. The molecule has 1 saturated heterocycles. The van der Waals surface area contributed by atoms with Gasteiger partial charge in [-0.15, -0.1) is 0 Å². The minimum atomic E-state index is 0.0391. The van der Waals surface area contributed by atoms with Crippen molar-refractivity contribution in [3.63, 3.8) is 0 Å². The van der Waals surface area contributed by atoms with Crippen LogP contribution in [0.25, 0.3) is 22.4 Å². The molecule has 22 heavy (non-hydrogen) atoms. The SMILES string of the molecule is Cc1nc2c(-c3ccccc3)ncnc2n1C1CCCCO1. The minimum absolute atomic E-state index is 0.0391. The molecule has 0 amide bonds. The number of ether oxygens (including phenoxy) is 1. The maximum Gasteiger partial charge on any atom is 0.166 e. The van der Waals surface area contributed by atoms with E-state index in [-0.39, 0.29) is 6.23 Å². The number of benzene rings is 1. The summed E-state index contributed by atoms with van der Waals surface area (Å²) >= 11 is 0. The lowest BCUT2D eigenvalue weighted by molar-refractivity contribution is -0.0309. The Morgan fingerprint density at radius 3 is 2.77 bits per heavy atom. The average molecular weight is 294 g/mol. The van der Waals surface area contributed by atoms with E-state index in [1.807, 2.05) is 37.3 Å². The molecule has 5 heteroatoms. The highest BCUT2D eigenvalue weighted by molar-refractivity contribution is 5.87. The lowest BCUT2D eigenvalue weighted by atomic mass is 10.1. The number of aromatic nitrogens is 4. The van der Waals surface area contributed by atoms with Crippen LogP contribution in [0.15, 0.2) is 36.7 Å². The fourth-order valence-electron chi connectivity index (χ4n) is 3.10. The predicted octanol–water partition coefficient (Wildman–Crippen LogP) is 3.50. The second-order valence-electron chi connectivity index (χ2n) is 5.61. The van der Waals surface area contributed by atoms with Gasteiger partial charge in [0, 0.05) is 12.2 Å². The first kappa shape index (κ1) is 13.4. The normalized spacial score (nSPS) is 18.7. The Balaban J connectivity index is 1.88. The average Bonchev–Trinajstić information content (AvgIpc) is 2.92. The van der Waals surface area contributed by atoms with Gasteiger partial charge in [-0.1, -0.05) is 30.3 Å². The molecule has 1 fully saturated rings. The van der Waals surface area contributed by atoms with E-state index in [9.17, 15) is 0 Å². The van der Waals surface area contributed by atoms with Gasteiger partial charge in [0.1, 0.15) is 29.6 Å². The lowest BCUT2D eigenvalue weighted by Crippen LogP contribution is -2.19. The summed E-state index contributed by atoms with van der Waals surface area (Å²) in [5.41, 5.74) is 3.64. The predicted molar refractivity (Wildman–Crippen MR) is 84.3 cm³/mol. The molecule has 5 nitrogen and oxygen atoms in total. The highest BCUT2D eigenvalue weighted by Crippen LogP contribution is 2.30. The standard InChI is InChI=1S/C17H18N4O/c1-12-20-16-15(13-7-3-2-4-8-13)18-11-19-17(16)21(12)14-9-5-6-10-22-14/h2-4,7-8,11,14H,5-6,9-10H2,1H3. The molecule has 1 unspecified atom stereocenters. The van der Waals surface area contributed by atoms with Crippen LogP contribution in [0, 0.1) is 6.92 Å². The third-order valence-electron chi connectivity index (χ3n) is 4.14. The minimum Gasteiger partial charge on any atom is -0.358 e. The third-order valence-corrected chi connectivity index (χ3v) is 4.14. The summed E-state index contributed by atoms with van der Waals surface area (Å²) < 4.78 is 8.03. The zero-order valence-electron chi connectivity index (χ0n) is 12.6. The fraction of sp³-hybridized carbons (Fsp3) is 0.353. The summed E-state index contributed by atoms with van der Waals surface area (Å²) in [6.07, 6.45) is 4.98. The monoisotopic (exact) mass is 294 g/mol. The van der Waals surface area contributed by atoms with Gasteiger partial charge in [0.2, 0.25) is 0 Å². The van der Waals surface area contributed by atoms with Crippen molar-refractivity contribution in [2.75, 3.05) is 6.61 Å². The van der Waals surface area contributed by atoms with Gasteiger partial charge in [-0.2, -0.15) is 0 Å². The number of hydrogen-bond acceptors (Lipinski definition) is 4. The third kappa shape index (κ3) is 2.18. The maximum absolute atomic E-state index is 5.92. The van der Waals surface area contributed by atoms with Crippen LogP contribution in [-0.2, 0) is 4.74 Å². The van der Waals surface area contributed by atoms with Crippen LogP contribution in [0.1, 0.15) is 31.3 Å². The maximum atomic E-state index is 5.92. The number of nitrogens with zero attached hydrogens (tertiary/aromatic N) is 4. The van der Waals surface area contributed by atoms with Gasteiger partial charge in [0.05, 0.1) is 0 Å². The van der Waals surface area contributed by atoms with Crippen molar-refractivity contribution in [2.45, 2.75) is 32.4 Å². The molecule has 112 valence electrons. The molecule has 1 atom stereocenters. The summed E-state index contributed by atoms with van der Waals surface area (Å²) in [5, 5.41) is 0. The molecular formula is C17H18N4O. The van der Waals surface area contributed by atoms with Gasteiger partial charge in [-0.05, 0) is 26.2 Å². The number of rotatable bonds is 2. The Hall–Kier alpha value is -2.27. The van der Waals surface area contributed by atoms with Crippen LogP contribution in [0.4, 0.5) is 0 Å². The highest BCUT2D eigenvalue weighted by Gasteiger charge is 2.22. The van der Waals surface area contributed by atoms with E-state index >= 15 is 0 Å². The zero-order valence-corrected chi connectivity index (χ0v) is 12.6. The Morgan fingerprint density at radius 2 is 2.00 bits per heavy atom. The van der Waals surface area contributed by atoms with Gasteiger partial charge in [0.25, 0.3) is 0 Å². The molecular weight excluding hydrogens is 276 g/mol. The van der Waals surface area contributed by atoms with Crippen molar-refractivity contribution >= 4 is 11.2 Å². The Bertz CT molecular complexity index is 791. The second kappa shape index (κ2) is 5.50. The van der Waals surface area contributed by atoms with Gasteiger partial charge in [0.15, 0.2) is 5.65 Å². The van der Waals surface area contributed by atoms with Gasteiger partial charge >= 0.3 is 0 Å². The Morgan fingerprint density at radius 1 is 1.14 bits per heavy atom. The quantitative estimate of drug-likeness (QED) is 0.726. The van der Waals surface area contributed by atoms with E-state index in [2.05, 4.69) is 14.5 Å². The van der Waals surface area contributed by atoms with Crippen LogP contribution >= 0.6 is 0 Å². The first-order chi connectivity index (χ1) is 10.8. The summed E-state index contributed by atoms with van der Waals surface area (Å²) in [6.45, 7) is 2.81. The molecule has 3 aromatic rings. The van der Waals surface area contributed by atoms with E-state index in [1.54, 1.807) is 6.33 Å². The summed E-state index contributed by atoms with van der Waals surface area (Å²) in [5.74, 6) is 0.930. The van der Waals surface area contributed by atoms with Crippen molar-refractivity contribution in [2.24, 2.45) is 0 Å². The molecule has 1 aromatic carbocycles. The number of fused-ring (bicyclic) bond motifs is 1. The molecule has 0 saturated carbocycles. The molecule has 1 aliphatic rings. The van der Waals surface area contributed by atoms with Crippen molar-refractivity contribution in [3.8, 4) is 11.3 Å². The lowest BCUT2D eigenvalue weighted by Gasteiger charge is -2.24. The largest absolute Gasteiger partial charge is 0.358 e. The fourth-order valence-corrected chi connectivity index (χ4v) is 3.10. The van der Waals surface area contributed by atoms with E-state index in [0.29, 0.717) is 0 Å². The van der Waals surface area contributed by atoms with Crippen molar-refractivity contribution in [1.82, 2.24) is 19.5 Å². The molecule has 2 aromatic heterocycles. The summed E-state index contributed by atoms with van der Waals surface area (Å²) in [4.78, 5) is 13.6. The molecule has 4 rings (SSSR count). The smallest absolute Gasteiger partial charge is 0.166 e. The molecule has 0 bridgehead atoms. The van der Waals surface area contributed by atoms with E-state index < -0.39 is 0 Å². The Kier molecular flexibility index (Phi) is 3.35. The van der Waals surface area contributed by atoms with Crippen LogP contribution in [0.3, 0.4) is 0 Å². The highest BCUT2D eigenvalue weighted by atomic mass is 16.5. The van der Waals surface area contributed by atoms with E-state index in [1.165, 1.54) is 6.42 Å². The first-order valence-corrected chi connectivity index (χ1v) is 7.71. The van der Waals surface area contributed by atoms with Crippen LogP contribution in [0.5, 0.6) is 0 Å². The molecule has 0 radical (unpaired) electrons. The molecule has 0 spiro atoms. The zero-order chi connectivity index (χ0) is 14.9.